The SMILES string of the molecule is COCC(N)c1c[nH]c2ncccc12. The average Bonchev–Trinajstić information content (AvgIpc) is 2.61. The Balaban J connectivity index is 2.42. The fraction of sp³-hybridized carbons (Fsp3) is 0.300. The second-order valence-electron chi connectivity index (χ2n) is 3.21. The van der Waals surface area contributed by atoms with E-state index in [4.69, 9.17) is 10.5 Å². The van der Waals surface area contributed by atoms with Gasteiger partial charge < -0.3 is 15.5 Å². The summed E-state index contributed by atoms with van der Waals surface area (Å²) < 4.78 is 5.02. The maximum atomic E-state index is 5.94. The Morgan fingerprint density at radius 2 is 2.50 bits per heavy atom. The van der Waals surface area contributed by atoms with E-state index in [9.17, 15) is 0 Å². The van der Waals surface area contributed by atoms with Crippen LogP contribution in [0.1, 0.15) is 11.6 Å². The van der Waals surface area contributed by atoms with E-state index in [2.05, 4.69) is 9.97 Å². The normalized spacial score (nSPS) is 13.3. The lowest BCUT2D eigenvalue weighted by molar-refractivity contribution is 0.181. The van der Waals surface area contributed by atoms with Gasteiger partial charge in [-0.2, -0.15) is 0 Å². The van der Waals surface area contributed by atoms with Crippen molar-refractivity contribution >= 4 is 11.0 Å². The third kappa shape index (κ3) is 1.49. The lowest BCUT2D eigenvalue weighted by Gasteiger charge is -2.08. The first-order valence-electron chi connectivity index (χ1n) is 4.49. The van der Waals surface area contributed by atoms with Crippen LogP contribution >= 0.6 is 0 Å². The van der Waals surface area contributed by atoms with Gasteiger partial charge in [0, 0.05) is 24.9 Å². The minimum atomic E-state index is -0.0991. The number of nitrogens with one attached hydrogen (secondary N) is 1. The maximum absolute atomic E-state index is 5.94. The monoisotopic (exact) mass is 191 g/mol. The number of nitrogens with two attached hydrogens (primary N) is 1. The number of hydrogen-bond donors (Lipinski definition) is 2. The molecule has 14 heavy (non-hydrogen) atoms. The van der Waals surface area contributed by atoms with Crippen LogP contribution in [0.15, 0.2) is 24.5 Å². The fourth-order valence-corrected chi connectivity index (χ4v) is 1.55. The second kappa shape index (κ2) is 3.77. The molecule has 74 valence electrons. The molecular formula is C10H13N3O. The molecule has 0 saturated carbocycles. The topological polar surface area (TPSA) is 63.9 Å². The third-order valence-electron chi connectivity index (χ3n) is 2.23. The Labute approximate surface area is 82.1 Å². The molecule has 0 aliphatic carbocycles. The zero-order chi connectivity index (χ0) is 9.97. The Bertz CT molecular complexity index is 424. The van der Waals surface area contributed by atoms with E-state index in [1.807, 2.05) is 18.3 Å². The number of fused-ring (bicyclic) bond motifs is 1. The summed E-state index contributed by atoms with van der Waals surface area (Å²) in [4.78, 5) is 7.27. The average molecular weight is 191 g/mol. The molecule has 0 aromatic carbocycles. The first kappa shape index (κ1) is 9.18. The van der Waals surface area contributed by atoms with E-state index >= 15 is 0 Å². The molecule has 2 aromatic rings. The van der Waals surface area contributed by atoms with Crippen molar-refractivity contribution in [2.24, 2.45) is 5.73 Å². The molecule has 1 unspecified atom stereocenters. The lowest BCUT2D eigenvalue weighted by Crippen LogP contribution is -2.15. The van der Waals surface area contributed by atoms with Crippen LogP contribution in [0.5, 0.6) is 0 Å². The number of methoxy groups -OCH3 is 1. The van der Waals surface area contributed by atoms with Gasteiger partial charge in [0.1, 0.15) is 5.65 Å². The molecule has 3 N–H and O–H groups in total. The Morgan fingerprint density at radius 3 is 3.29 bits per heavy atom. The summed E-state index contributed by atoms with van der Waals surface area (Å²) in [5.74, 6) is 0. The molecule has 0 amide bonds. The van der Waals surface area contributed by atoms with Crippen molar-refractivity contribution in [2.75, 3.05) is 13.7 Å². The summed E-state index contributed by atoms with van der Waals surface area (Å²) in [6, 6.07) is 3.81. The van der Waals surface area contributed by atoms with Gasteiger partial charge in [0.05, 0.1) is 12.6 Å². The highest BCUT2D eigenvalue weighted by atomic mass is 16.5. The first-order valence-corrected chi connectivity index (χ1v) is 4.49. The van der Waals surface area contributed by atoms with Crippen molar-refractivity contribution in [3.8, 4) is 0 Å². The van der Waals surface area contributed by atoms with Crippen LogP contribution in [-0.4, -0.2) is 23.7 Å². The maximum Gasteiger partial charge on any atom is 0.137 e. The number of aromatic nitrogens is 2. The summed E-state index contributed by atoms with van der Waals surface area (Å²) in [7, 11) is 1.65. The van der Waals surface area contributed by atoms with E-state index in [0.29, 0.717) is 6.61 Å². The van der Waals surface area contributed by atoms with Crippen molar-refractivity contribution in [1.82, 2.24) is 9.97 Å². The number of ether oxygens (including phenoxy) is 1. The van der Waals surface area contributed by atoms with Crippen molar-refractivity contribution in [3.63, 3.8) is 0 Å². The van der Waals surface area contributed by atoms with E-state index in [1.165, 1.54) is 0 Å². The molecule has 2 aromatic heterocycles. The number of aromatic amines is 1. The van der Waals surface area contributed by atoms with Crippen molar-refractivity contribution in [3.05, 3.63) is 30.1 Å². The van der Waals surface area contributed by atoms with Crippen LogP contribution in [0, 0.1) is 0 Å². The van der Waals surface area contributed by atoms with Crippen LogP contribution in [0.2, 0.25) is 0 Å². The fourth-order valence-electron chi connectivity index (χ4n) is 1.55. The quantitative estimate of drug-likeness (QED) is 0.766. The standard InChI is InChI=1S/C10H13N3O/c1-14-6-9(11)8-5-13-10-7(8)3-2-4-12-10/h2-5,9H,6,11H2,1H3,(H,12,13). The highest BCUT2D eigenvalue weighted by Gasteiger charge is 2.11. The van der Waals surface area contributed by atoms with Gasteiger partial charge in [-0.1, -0.05) is 0 Å². The van der Waals surface area contributed by atoms with Gasteiger partial charge in [0.2, 0.25) is 0 Å². The van der Waals surface area contributed by atoms with Crippen molar-refractivity contribution in [2.45, 2.75) is 6.04 Å². The van der Waals surface area contributed by atoms with Gasteiger partial charge in [0.15, 0.2) is 0 Å². The number of rotatable bonds is 3. The van der Waals surface area contributed by atoms with Gasteiger partial charge in [-0.25, -0.2) is 4.98 Å². The van der Waals surface area contributed by atoms with Crippen LogP contribution in [0.25, 0.3) is 11.0 Å². The Kier molecular flexibility index (Phi) is 2.47. The molecule has 0 spiro atoms. The van der Waals surface area contributed by atoms with Crippen LogP contribution in [-0.2, 0) is 4.74 Å². The molecular weight excluding hydrogens is 178 g/mol. The number of pyridine rings is 1. The smallest absolute Gasteiger partial charge is 0.137 e. The van der Waals surface area contributed by atoms with Crippen molar-refractivity contribution < 1.29 is 4.74 Å². The lowest BCUT2D eigenvalue weighted by atomic mass is 10.1. The summed E-state index contributed by atoms with van der Waals surface area (Å²) in [6.45, 7) is 0.516. The zero-order valence-electron chi connectivity index (χ0n) is 8.03. The highest BCUT2D eigenvalue weighted by Crippen LogP contribution is 2.20. The molecule has 2 rings (SSSR count). The molecule has 0 aliphatic rings. The number of nitrogens with zero attached hydrogens (tertiary/aromatic N) is 1. The van der Waals surface area contributed by atoms with Gasteiger partial charge >= 0.3 is 0 Å². The Hall–Kier alpha value is -1.39. The van der Waals surface area contributed by atoms with E-state index in [-0.39, 0.29) is 6.04 Å². The van der Waals surface area contributed by atoms with Crippen LogP contribution < -0.4 is 5.73 Å². The molecule has 2 heterocycles. The minimum Gasteiger partial charge on any atom is -0.383 e. The zero-order valence-corrected chi connectivity index (χ0v) is 8.03. The van der Waals surface area contributed by atoms with E-state index in [1.54, 1.807) is 13.3 Å². The largest absolute Gasteiger partial charge is 0.383 e. The molecule has 4 heteroatoms. The summed E-state index contributed by atoms with van der Waals surface area (Å²) in [5.41, 5.74) is 7.86. The van der Waals surface area contributed by atoms with Gasteiger partial charge in [0.25, 0.3) is 0 Å². The van der Waals surface area contributed by atoms with Crippen LogP contribution in [0.3, 0.4) is 0 Å². The van der Waals surface area contributed by atoms with Gasteiger partial charge in [-0.15, -0.1) is 0 Å². The van der Waals surface area contributed by atoms with Gasteiger partial charge in [-0.3, -0.25) is 0 Å². The summed E-state index contributed by atoms with van der Waals surface area (Å²) in [5, 5.41) is 1.07. The molecule has 0 saturated heterocycles. The molecule has 0 fully saturated rings. The molecule has 1 atom stereocenters. The van der Waals surface area contributed by atoms with Crippen LogP contribution in [0.4, 0.5) is 0 Å². The molecule has 4 nitrogen and oxygen atoms in total. The highest BCUT2D eigenvalue weighted by molar-refractivity contribution is 5.79. The van der Waals surface area contributed by atoms with Crippen molar-refractivity contribution in [1.29, 1.82) is 0 Å². The molecule has 0 aliphatic heterocycles. The van der Waals surface area contributed by atoms with E-state index in [0.717, 1.165) is 16.6 Å². The number of hydrogen-bond acceptors (Lipinski definition) is 3. The van der Waals surface area contributed by atoms with Gasteiger partial charge in [-0.05, 0) is 17.7 Å². The third-order valence-corrected chi connectivity index (χ3v) is 2.23. The number of H-pyrrole nitrogens is 1. The molecule has 0 radical (unpaired) electrons. The summed E-state index contributed by atoms with van der Waals surface area (Å²) in [6.07, 6.45) is 3.64. The summed E-state index contributed by atoms with van der Waals surface area (Å²) >= 11 is 0. The molecule has 0 bridgehead atoms. The first-order chi connectivity index (χ1) is 6.83. The predicted octanol–water partition coefficient (Wildman–Crippen LogP) is 1.21. The Morgan fingerprint density at radius 1 is 1.64 bits per heavy atom. The second-order valence-corrected chi connectivity index (χ2v) is 3.21. The minimum absolute atomic E-state index is 0.0991. The van der Waals surface area contributed by atoms with E-state index < -0.39 is 0 Å². The predicted molar refractivity (Wildman–Crippen MR) is 54.9 cm³/mol.